The van der Waals surface area contributed by atoms with Gasteiger partial charge < -0.3 is 29.9 Å². The summed E-state index contributed by atoms with van der Waals surface area (Å²) in [7, 11) is 0.277. The van der Waals surface area contributed by atoms with Gasteiger partial charge in [-0.2, -0.15) is 0 Å². The van der Waals surface area contributed by atoms with Gasteiger partial charge in [0.05, 0.1) is 24.8 Å². The second kappa shape index (κ2) is 11.3. The van der Waals surface area contributed by atoms with Gasteiger partial charge in [-0.15, -0.1) is 0 Å². The Morgan fingerprint density at radius 2 is 1.80 bits per heavy atom. The molecule has 1 rings (SSSR count). The Morgan fingerprint density at radius 3 is 2.27 bits per heavy atom. The van der Waals surface area contributed by atoms with Gasteiger partial charge in [-0.25, -0.2) is 9.59 Å². The molecule has 9 heteroatoms. The maximum absolute atomic E-state index is 12.7. The number of nitrogens with one attached hydrogen (secondary N) is 1. The van der Waals surface area contributed by atoms with Crippen LogP contribution in [0.4, 0.5) is 9.59 Å². The number of likely N-dealkylation sites (N-methyl/N-ethyl adjacent to an activating group) is 1. The summed E-state index contributed by atoms with van der Waals surface area (Å²) in [5, 5.41) is 23.1. The lowest BCUT2D eigenvalue weighted by molar-refractivity contribution is -0.0245. The quantitative estimate of drug-likeness (QED) is 0.467. The number of aliphatic hydroxyl groups is 1. The van der Waals surface area contributed by atoms with Crippen LogP contribution in [0.2, 0.25) is 25.7 Å². The Kier molecular flexibility index (Phi) is 10.1. The molecule has 3 N–H and O–H groups in total. The molecule has 30 heavy (non-hydrogen) atoms. The van der Waals surface area contributed by atoms with Crippen LogP contribution in [0.1, 0.15) is 40.0 Å². The topological polar surface area (TPSA) is 108 Å². The maximum atomic E-state index is 12.7. The van der Waals surface area contributed by atoms with Crippen molar-refractivity contribution in [3.8, 4) is 0 Å². The SMILES string of the molecule is CN(C(=O)OCC[Si](C)(C)C)C([C@H](O)[C@H](CC1CCOCC1)NC(=O)O)C(C)(C)C. The zero-order valence-electron chi connectivity index (χ0n) is 19.7. The molecule has 0 radical (unpaired) electrons. The lowest BCUT2D eigenvalue weighted by Crippen LogP contribution is -2.59. The van der Waals surface area contributed by atoms with Crippen molar-refractivity contribution in [1.29, 1.82) is 0 Å². The molecule has 1 unspecified atom stereocenters. The fourth-order valence-corrected chi connectivity index (χ4v) is 4.70. The normalized spacial score (nSPS) is 18.9. The molecule has 0 aromatic carbocycles. The van der Waals surface area contributed by atoms with E-state index in [9.17, 15) is 19.8 Å². The van der Waals surface area contributed by atoms with Crippen molar-refractivity contribution >= 4 is 20.3 Å². The third-order valence-corrected chi connectivity index (χ3v) is 7.35. The molecule has 1 aliphatic rings. The molecule has 1 heterocycles. The van der Waals surface area contributed by atoms with Crippen molar-refractivity contribution in [2.75, 3.05) is 26.9 Å². The minimum atomic E-state index is -1.34. The average Bonchev–Trinajstić information content (AvgIpc) is 2.59. The third kappa shape index (κ3) is 9.22. The van der Waals surface area contributed by atoms with Crippen LogP contribution in [0.3, 0.4) is 0 Å². The fraction of sp³-hybridized carbons (Fsp3) is 0.905. The van der Waals surface area contributed by atoms with Crippen LogP contribution in [0.15, 0.2) is 0 Å². The van der Waals surface area contributed by atoms with Crippen LogP contribution < -0.4 is 5.32 Å². The van der Waals surface area contributed by atoms with Gasteiger partial charge in [-0.1, -0.05) is 40.4 Å². The number of ether oxygens (including phenoxy) is 2. The molecule has 2 amide bonds. The molecule has 1 fully saturated rings. The summed E-state index contributed by atoms with van der Waals surface area (Å²) in [6.45, 7) is 14.1. The maximum Gasteiger partial charge on any atom is 0.409 e. The first-order valence-electron chi connectivity index (χ1n) is 10.9. The molecule has 1 saturated heterocycles. The minimum Gasteiger partial charge on any atom is -0.465 e. The Labute approximate surface area is 182 Å². The van der Waals surface area contributed by atoms with E-state index in [1.165, 1.54) is 4.90 Å². The summed E-state index contributed by atoms with van der Waals surface area (Å²) in [6, 6.07) is -0.442. The van der Waals surface area contributed by atoms with Gasteiger partial charge in [-0.3, -0.25) is 0 Å². The van der Waals surface area contributed by atoms with Gasteiger partial charge in [0.1, 0.15) is 0 Å². The highest BCUT2D eigenvalue weighted by molar-refractivity contribution is 6.76. The molecule has 0 bridgehead atoms. The smallest absolute Gasteiger partial charge is 0.409 e. The molecule has 0 aliphatic carbocycles. The van der Waals surface area contributed by atoms with Gasteiger partial charge in [0.2, 0.25) is 0 Å². The average molecular weight is 447 g/mol. The number of hydrogen-bond acceptors (Lipinski definition) is 5. The molecule has 0 aromatic rings. The van der Waals surface area contributed by atoms with E-state index in [1.54, 1.807) is 7.05 Å². The lowest BCUT2D eigenvalue weighted by Gasteiger charge is -2.43. The largest absolute Gasteiger partial charge is 0.465 e. The van der Waals surface area contributed by atoms with Crippen molar-refractivity contribution < 1.29 is 29.3 Å². The van der Waals surface area contributed by atoms with Crippen molar-refractivity contribution in [2.24, 2.45) is 11.3 Å². The Balaban J connectivity index is 2.95. The Morgan fingerprint density at radius 1 is 1.23 bits per heavy atom. The number of nitrogens with zero attached hydrogens (tertiary/aromatic N) is 1. The molecule has 8 nitrogen and oxygen atoms in total. The van der Waals surface area contributed by atoms with E-state index >= 15 is 0 Å². The summed E-state index contributed by atoms with van der Waals surface area (Å²) >= 11 is 0. The first-order chi connectivity index (χ1) is 13.7. The van der Waals surface area contributed by atoms with Crippen LogP contribution in [-0.2, 0) is 9.47 Å². The number of amides is 2. The summed E-state index contributed by atoms with van der Waals surface area (Å²) in [6.07, 6.45) is -0.578. The first-order valence-corrected chi connectivity index (χ1v) is 14.6. The number of carbonyl (C=O) groups is 2. The summed E-state index contributed by atoms with van der Waals surface area (Å²) in [5.74, 6) is 0.264. The molecular formula is C21H42N2O6Si. The van der Waals surface area contributed by atoms with Crippen LogP contribution in [0.25, 0.3) is 0 Å². The highest BCUT2D eigenvalue weighted by Gasteiger charge is 2.42. The van der Waals surface area contributed by atoms with Crippen LogP contribution in [-0.4, -0.2) is 80.4 Å². The van der Waals surface area contributed by atoms with Gasteiger partial charge in [0, 0.05) is 28.3 Å². The van der Waals surface area contributed by atoms with Gasteiger partial charge in [-0.05, 0) is 36.6 Å². The fourth-order valence-electron chi connectivity index (χ4n) is 3.99. The zero-order chi connectivity index (χ0) is 23.1. The van der Waals surface area contributed by atoms with Crippen LogP contribution in [0, 0.1) is 11.3 Å². The predicted molar refractivity (Wildman–Crippen MR) is 120 cm³/mol. The van der Waals surface area contributed by atoms with E-state index in [-0.39, 0.29) is 5.92 Å². The monoisotopic (exact) mass is 446 g/mol. The Hall–Kier alpha value is -1.32. The van der Waals surface area contributed by atoms with Gasteiger partial charge in [0.25, 0.3) is 0 Å². The molecule has 1 aliphatic heterocycles. The molecular weight excluding hydrogens is 404 g/mol. The van der Waals surface area contributed by atoms with E-state index in [0.717, 1.165) is 18.9 Å². The predicted octanol–water partition coefficient (Wildman–Crippen LogP) is 3.62. The van der Waals surface area contributed by atoms with Crippen molar-refractivity contribution in [1.82, 2.24) is 10.2 Å². The molecule has 0 saturated carbocycles. The van der Waals surface area contributed by atoms with E-state index in [0.29, 0.717) is 26.2 Å². The second-order valence-electron chi connectivity index (χ2n) is 10.7. The number of rotatable bonds is 9. The number of hydrogen-bond donors (Lipinski definition) is 3. The number of carboxylic acid groups (broad SMARTS) is 1. The van der Waals surface area contributed by atoms with Crippen molar-refractivity contribution in [3.05, 3.63) is 0 Å². The Bertz CT molecular complexity index is 555. The van der Waals surface area contributed by atoms with Crippen molar-refractivity contribution in [2.45, 2.75) is 83.9 Å². The minimum absolute atomic E-state index is 0.264. The molecule has 3 atom stereocenters. The molecule has 0 spiro atoms. The van der Waals surface area contributed by atoms with Gasteiger partial charge >= 0.3 is 12.2 Å². The molecule has 0 aromatic heterocycles. The van der Waals surface area contributed by atoms with Gasteiger partial charge in [0.15, 0.2) is 0 Å². The standard InChI is InChI=1S/C21H42N2O6Si/c1-21(2,3)18(23(4)20(27)29-12-13-30(5,6)7)17(24)16(22-19(25)26)14-15-8-10-28-11-9-15/h15-18,22,24H,8-14H2,1-7H3,(H,25,26)/t16-,17+,18?/m0/s1. The van der Waals surface area contributed by atoms with E-state index in [2.05, 4.69) is 25.0 Å². The second-order valence-corrected chi connectivity index (χ2v) is 16.3. The van der Waals surface area contributed by atoms with Crippen LogP contribution >= 0.6 is 0 Å². The van der Waals surface area contributed by atoms with E-state index < -0.39 is 43.9 Å². The summed E-state index contributed by atoms with van der Waals surface area (Å²) in [5.41, 5.74) is -0.486. The zero-order valence-corrected chi connectivity index (χ0v) is 20.7. The number of carbonyl (C=O) groups excluding carboxylic acids is 1. The van der Waals surface area contributed by atoms with Crippen molar-refractivity contribution in [3.63, 3.8) is 0 Å². The highest BCUT2D eigenvalue weighted by atomic mass is 28.3. The van der Waals surface area contributed by atoms with E-state index in [4.69, 9.17) is 9.47 Å². The lowest BCUT2D eigenvalue weighted by atomic mass is 9.78. The highest BCUT2D eigenvalue weighted by Crippen LogP contribution is 2.31. The summed E-state index contributed by atoms with van der Waals surface area (Å²) < 4.78 is 10.9. The number of aliphatic hydroxyl groups excluding tert-OH is 1. The molecule has 176 valence electrons. The summed E-state index contributed by atoms with van der Waals surface area (Å²) in [4.78, 5) is 25.6. The first kappa shape index (κ1) is 26.7. The van der Waals surface area contributed by atoms with Crippen LogP contribution in [0.5, 0.6) is 0 Å². The van der Waals surface area contributed by atoms with E-state index in [1.807, 2.05) is 20.8 Å². The third-order valence-electron chi connectivity index (χ3n) is 5.64.